The molecule has 0 aromatic rings. The number of ether oxygens (including phenoxy) is 6. The number of carbonyl (C=O) groups excluding carboxylic acids is 3. The SMILES string of the molecule is CCCCC/C=C\C/C=C\CCCCCCCC(=O)OCC(COC(=O)CCC(OCCCCCCCC)OCCCCCCCC)COC(=O)OCC1CCN(CC)C1. The summed E-state index contributed by atoms with van der Waals surface area (Å²) in [6, 6.07) is 0. The van der Waals surface area contributed by atoms with E-state index in [1.54, 1.807) is 0 Å². The van der Waals surface area contributed by atoms with Crippen LogP contribution < -0.4 is 0 Å². The highest BCUT2D eigenvalue weighted by Crippen LogP contribution is 2.17. The van der Waals surface area contributed by atoms with Gasteiger partial charge in [-0.3, -0.25) is 9.59 Å². The summed E-state index contributed by atoms with van der Waals surface area (Å²) < 4.78 is 34.3. The molecule has 0 N–H and O–H groups in total. The minimum Gasteiger partial charge on any atom is -0.465 e. The fraction of sp³-hybridized carbons (Fsp3) is 0.860. The molecule has 1 heterocycles. The molecule has 2 atom stereocenters. The molecule has 0 bridgehead atoms. The standard InChI is InChI=1S/C50H91NO9/c1-5-9-12-15-18-19-20-21-22-23-24-25-26-27-30-33-47(52)57-42-46(44-60-50(54)59-41-45-36-37-51(8-4)40-45)43-58-48(53)34-35-49(55-38-31-28-16-13-10-6-2)56-39-32-29-17-14-11-7-3/h18-19,21-22,45-46,49H,5-17,20,23-44H2,1-4H3/b19-18-,22-21-. The van der Waals surface area contributed by atoms with E-state index in [1.165, 1.54) is 77.0 Å². The number of allylic oxidation sites excluding steroid dienone is 4. The molecule has 10 nitrogen and oxygen atoms in total. The highest BCUT2D eigenvalue weighted by atomic mass is 16.7. The van der Waals surface area contributed by atoms with Gasteiger partial charge in [0.2, 0.25) is 0 Å². The van der Waals surface area contributed by atoms with Crippen LogP contribution in [0.5, 0.6) is 0 Å². The lowest BCUT2D eigenvalue weighted by molar-refractivity contribution is -0.161. The molecular formula is C50H91NO9. The van der Waals surface area contributed by atoms with Gasteiger partial charge < -0.3 is 33.3 Å². The van der Waals surface area contributed by atoms with Crippen LogP contribution in [0.25, 0.3) is 0 Å². The molecule has 0 amide bonds. The maximum atomic E-state index is 13.0. The third-order valence-electron chi connectivity index (χ3n) is 11.2. The van der Waals surface area contributed by atoms with Gasteiger partial charge in [-0.05, 0) is 70.9 Å². The zero-order chi connectivity index (χ0) is 43.6. The molecule has 1 aliphatic heterocycles. The third kappa shape index (κ3) is 35.2. The monoisotopic (exact) mass is 850 g/mol. The molecule has 0 aromatic carbocycles. The molecule has 1 aliphatic rings. The average molecular weight is 850 g/mol. The highest BCUT2D eigenvalue weighted by Gasteiger charge is 2.24. The van der Waals surface area contributed by atoms with Crippen molar-refractivity contribution in [2.75, 3.05) is 59.3 Å². The van der Waals surface area contributed by atoms with Crippen LogP contribution in [-0.4, -0.2) is 88.6 Å². The third-order valence-corrected chi connectivity index (χ3v) is 11.2. The normalized spacial score (nSPS) is 15.1. The Bertz CT molecular complexity index is 1050. The molecule has 1 fully saturated rings. The number of nitrogens with zero attached hydrogens (tertiary/aromatic N) is 1. The number of carbonyl (C=O) groups is 3. The van der Waals surface area contributed by atoms with Crippen molar-refractivity contribution < 1.29 is 42.8 Å². The lowest BCUT2D eigenvalue weighted by atomic mass is 10.1. The first-order valence-corrected chi connectivity index (χ1v) is 24.8. The Labute approximate surface area is 367 Å². The maximum absolute atomic E-state index is 13.0. The Kier molecular flexibility index (Phi) is 38.8. The van der Waals surface area contributed by atoms with E-state index >= 15 is 0 Å². The van der Waals surface area contributed by atoms with Gasteiger partial charge in [0.25, 0.3) is 0 Å². The molecule has 0 aromatic heterocycles. The van der Waals surface area contributed by atoms with Crippen LogP contribution in [0.2, 0.25) is 0 Å². The molecule has 0 aliphatic carbocycles. The van der Waals surface area contributed by atoms with Crippen molar-refractivity contribution in [3.63, 3.8) is 0 Å². The van der Waals surface area contributed by atoms with Crippen LogP contribution in [-0.2, 0) is 38.0 Å². The number of hydrogen-bond donors (Lipinski definition) is 0. The van der Waals surface area contributed by atoms with Crippen molar-refractivity contribution in [3.8, 4) is 0 Å². The molecule has 0 spiro atoms. The van der Waals surface area contributed by atoms with E-state index < -0.39 is 24.3 Å². The van der Waals surface area contributed by atoms with Crippen molar-refractivity contribution in [2.24, 2.45) is 11.8 Å². The largest absolute Gasteiger partial charge is 0.508 e. The van der Waals surface area contributed by atoms with E-state index in [1.807, 2.05) is 0 Å². The molecule has 10 heteroatoms. The fourth-order valence-corrected chi connectivity index (χ4v) is 7.19. The Morgan fingerprint density at radius 1 is 0.567 bits per heavy atom. The minimum absolute atomic E-state index is 0.0148. The van der Waals surface area contributed by atoms with Crippen LogP contribution in [0.1, 0.15) is 201 Å². The quantitative estimate of drug-likeness (QED) is 0.0194. The summed E-state index contributed by atoms with van der Waals surface area (Å²) in [7, 11) is 0. The lowest BCUT2D eigenvalue weighted by Crippen LogP contribution is -2.28. The first-order valence-electron chi connectivity index (χ1n) is 24.8. The van der Waals surface area contributed by atoms with Gasteiger partial charge in [0.15, 0.2) is 6.29 Å². The van der Waals surface area contributed by atoms with Gasteiger partial charge in [-0.2, -0.15) is 0 Å². The van der Waals surface area contributed by atoms with E-state index in [9.17, 15) is 14.4 Å². The second-order valence-corrected chi connectivity index (χ2v) is 16.9. The summed E-state index contributed by atoms with van der Waals surface area (Å²) in [5, 5.41) is 0. The summed E-state index contributed by atoms with van der Waals surface area (Å²) in [5.74, 6) is -0.912. The van der Waals surface area contributed by atoms with E-state index in [-0.39, 0.29) is 38.1 Å². The summed E-state index contributed by atoms with van der Waals surface area (Å²) in [6.45, 7) is 13.1. The van der Waals surface area contributed by atoms with Crippen molar-refractivity contribution in [1.29, 1.82) is 0 Å². The topological polar surface area (TPSA) is 110 Å². The van der Waals surface area contributed by atoms with Crippen molar-refractivity contribution in [3.05, 3.63) is 24.3 Å². The van der Waals surface area contributed by atoms with Crippen LogP contribution in [0, 0.1) is 11.8 Å². The number of rotatable bonds is 42. The van der Waals surface area contributed by atoms with Crippen LogP contribution in [0.4, 0.5) is 4.79 Å². The van der Waals surface area contributed by atoms with E-state index in [2.05, 4.69) is 56.9 Å². The van der Waals surface area contributed by atoms with Gasteiger partial charge in [-0.1, -0.05) is 148 Å². The van der Waals surface area contributed by atoms with Crippen molar-refractivity contribution in [1.82, 2.24) is 4.90 Å². The van der Waals surface area contributed by atoms with E-state index in [4.69, 9.17) is 28.4 Å². The minimum atomic E-state index is -0.759. The van der Waals surface area contributed by atoms with Crippen LogP contribution in [0.15, 0.2) is 24.3 Å². The zero-order valence-electron chi connectivity index (χ0n) is 39.1. The lowest BCUT2D eigenvalue weighted by Gasteiger charge is -2.20. The molecule has 0 radical (unpaired) electrons. The number of hydrogen-bond acceptors (Lipinski definition) is 10. The maximum Gasteiger partial charge on any atom is 0.508 e. The molecule has 350 valence electrons. The van der Waals surface area contributed by atoms with Crippen LogP contribution >= 0.6 is 0 Å². The van der Waals surface area contributed by atoms with E-state index in [0.717, 1.165) is 96.7 Å². The Hall–Kier alpha value is -2.43. The molecular weight excluding hydrogens is 759 g/mol. The fourth-order valence-electron chi connectivity index (χ4n) is 7.19. The first-order chi connectivity index (χ1) is 29.4. The zero-order valence-corrected chi connectivity index (χ0v) is 39.1. The first kappa shape index (κ1) is 55.6. The summed E-state index contributed by atoms with van der Waals surface area (Å²) in [5.41, 5.74) is 0. The second-order valence-electron chi connectivity index (χ2n) is 16.9. The predicted octanol–water partition coefficient (Wildman–Crippen LogP) is 12.9. The second kappa shape index (κ2) is 41.9. The van der Waals surface area contributed by atoms with Crippen molar-refractivity contribution in [2.45, 2.75) is 207 Å². The van der Waals surface area contributed by atoms with E-state index in [0.29, 0.717) is 32.7 Å². The Morgan fingerprint density at radius 2 is 1.07 bits per heavy atom. The molecule has 1 rings (SSSR count). The number of esters is 2. The number of unbranched alkanes of at least 4 members (excludes halogenated alkanes) is 18. The van der Waals surface area contributed by atoms with Gasteiger partial charge in [-0.15, -0.1) is 0 Å². The predicted molar refractivity (Wildman–Crippen MR) is 244 cm³/mol. The number of likely N-dealkylation sites (tertiary alicyclic amines) is 1. The summed E-state index contributed by atoms with van der Waals surface area (Å²) in [4.78, 5) is 40.5. The smallest absolute Gasteiger partial charge is 0.465 e. The van der Waals surface area contributed by atoms with Gasteiger partial charge in [0.1, 0.15) is 19.8 Å². The Morgan fingerprint density at radius 3 is 1.65 bits per heavy atom. The summed E-state index contributed by atoms with van der Waals surface area (Å²) in [6.07, 6.45) is 36.1. The van der Waals surface area contributed by atoms with Gasteiger partial charge >= 0.3 is 18.1 Å². The average Bonchev–Trinajstić information content (AvgIpc) is 3.73. The summed E-state index contributed by atoms with van der Waals surface area (Å²) >= 11 is 0. The van der Waals surface area contributed by atoms with Crippen LogP contribution in [0.3, 0.4) is 0 Å². The molecule has 2 unspecified atom stereocenters. The molecule has 1 saturated heterocycles. The Balaban J connectivity index is 2.52. The molecule has 60 heavy (non-hydrogen) atoms. The van der Waals surface area contributed by atoms with Gasteiger partial charge in [0.05, 0.1) is 18.9 Å². The van der Waals surface area contributed by atoms with Crippen molar-refractivity contribution >= 4 is 18.1 Å². The molecule has 0 saturated carbocycles. The van der Waals surface area contributed by atoms with Gasteiger partial charge in [0, 0.05) is 38.5 Å². The highest BCUT2D eigenvalue weighted by molar-refractivity contribution is 5.69. The van der Waals surface area contributed by atoms with Gasteiger partial charge in [-0.25, -0.2) is 4.79 Å².